The van der Waals surface area contributed by atoms with Crippen molar-refractivity contribution in [3.8, 4) is 0 Å². The molecular formula is C16H7F18. The molecule has 197 valence electrons. The van der Waals surface area contributed by atoms with Gasteiger partial charge in [-0.3, -0.25) is 0 Å². The summed E-state index contributed by atoms with van der Waals surface area (Å²) in [5, 5.41) is 0. The fourth-order valence-electron chi connectivity index (χ4n) is 2.38. The van der Waals surface area contributed by atoms with E-state index >= 15 is 0 Å². The first-order chi connectivity index (χ1) is 14.7. The van der Waals surface area contributed by atoms with E-state index in [0.29, 0.717) is 6.92 Å². The molecule has 1 aromatic carbocycles. The minimum atomic E-state index is -7.56. The van der Waals surface area contributed by atoms with Crippen molar-refractivity contribution in [2.45, 2.75) is 54.8 Å². The van der Waals surface area contributed by atoms with Crippen molar-refractivity contribution >= 4 is 0 Å². The normalized spacial score (nSPS) is 15.6. The van der Waals surface area contributed by atoms with Gasteiger partial charge in [-0.05, 0) is 18.1 Å². The Hall–Kier alpha value is -2.04. The molecule has 0 amide bonds. The summed E-state index contributed by atoms with van der Waals surface area (Å²) in [7, 11) is 0. The highest BCUT2D eigenvalue weighted by Crippen LogP contribution is 2.59. The molecule has 0 aliphatic rings. The summed E-state index contributed by atoms with van der Waals surface area (Å²) in [4.78, 5) is 0. The number of alkyl halides is 18. The fourth-order valence-corrected chi connectivity index (χ4v) is 2.38. The molecule has 0 fully saturated rings. The summed E-state index contributed by atoms with van der Waals surface area (Å²) >= 11 is 0. The maximum absolute atomic E-state index is 14.2. The Kier molecular flexibility index (Phi) is 7.05. The molecule has 1 aromatic rings. The molecule has 0 nitrogen and oxygen atoms in total. The average Bonchev–Trinajstić information content (AvgIpc) is 2.64. The molecule has 0 N–H and O–H groups in total. The monoisotopic (exact) mass is 541 g/mol. The lowest BCUT2D eigenvalue weighted by atomic mass is 9.88. The SMILES string of the molecule is C[CH]c1ccc(C(F)(F)C(F)(F)C(F)(F)C(F)(F)F)cc1C(F)(F)C(F)(F)C(F)(F)C(F)(F)F. The number of hydrogen-bond donors (Lipinski definition) is 0. The van der Waals surface area contributed by atoms with Gasteiger partial charge in [0.25, 0.3) is 0 Å². The standard InChI is InChI=1S/C16H7F18/c1-2-6-3-4-7(9(17,18)11(21,22)13(25,26)15(29,30)31)5-8(6)10(19,20)12(23,24)14(27,28)16(32,33)34/h2-5H,1H3. The molecule has 0 aliphatic carbocycles. The second kappa shape index (κ2) is 7.99. The zero-order valence-corrected chi connectivity index (χ0v) is 15.6. The van der Waals surface area contributed by atoms with Gasteiger partial charge < -0.3 is 0 Å². The van der Waals surface area contributed by atoms with Crippen LogP contribution in [0.3, 0.4) is 0 Å². The van der Waals surface area contributed by atoms with Crippen LogP contribution >= 0.6 is 0 Å². The molecule has 1 radical (unpaired) electrons. The highest BCUT2D eigenvalue weighted by molar-refractivity contribution is 5.43. The highest BCUT2D eigenvalue weighted by atomic mass is 19.4. The number of hydrogen-bond acceptors (Lipinski definition) is 0. The third-order valence-corrected chi connectivity index (χ3v) is 4.35. The molecular weight excluding hydrogens is 534 g/mol. The first-order valence-corrected chi connectivity index (χ1v) is 8.01. The van der Waals surface area contributed by atoms with Crippen LogP contribution in [0.15, 0.2) is 18.2 Å². The minimum absolute atomic E-state index is 0.204. The summed E-state index contributed by atoms with van der Waals surface area (Å²) < 4.78 is 236. The van der Waals surface area contributed by atoms with Gasteiger partial charge in [-0.25, -0.2) is 0 Å². The molecule has 0 bridgehead atoms. The average molecular weight is 541 g/mol. The first-order valence-electron chi connectivity index (χ1n) is 8.01. The van der Waals surface area contributed by atoms with Crippen LogP contribution < -0.4 is 0 Å². The Bertz CT molecular complexity index is 888. The van der Waals surface area contributed by atoms with Crippen LogP contribution in [-0.4, -0.2) is 36.0 Å². The zero-order chi connectivity index (χ0) is 27.6. The van der Waals surface area contributed by atoms with Crippen LogP contribution in [0.5, 0.6) is 0 Å². The van der Waals surface area contributed by atoms with Crippen molar-refractivity contribution in [1.29, 1.82) is 0 Å². The Morgan fingerprint density at radius 3 is 1.18 bits per heavy atom. The van der Waals surface area contributed by atoms with E-state index in [1.165, 1.54) is 0 Å². The maximum atomic E-state index is 14.2. The quantitative estimate of drug-likeness (QED) is 0.306. The van der Waals surface area contributed by atoms with Gasteiger partial charge in [-0.1, -0.05) is 19.1 Å². The van der Waals surface area contributed by atoms with Crippen molar-refractivity contribution in [3.05, 3.63) is 41.3 Å². The Morgan fingerprint density at radius 1 is 0.500 bits per heavy atom. The van der Waals surface area contributed by atoms with Gasteiger partial charge in [0.15, 0.2) is 0 Å². The molecule has 0 aromatic heterocycles. The molecule has 1 rings (SSSR count). The molecule has 0 spiro atoms. The maximum Gasteiger partial charge on any atom is 0.460 e. The minimum Gasteiger partial charge on any atom is -0.194 e. The van der Waals surface area contributed by atoms with Crippen molar-refractivity contribution < 1.29 is 79.0 Å². The van der Waals surface area contributed by atoms with Crippen LogP contribution in [0.25, 0.3) is 0 Å². The van der Waals surface area contributed by atoms with E-state index < -0.39 is 76.7 Å². The van der Waals surface area contributed by atoms with Gasteiger partial charge in [0.2, 0.25) is 0 Å². The Labute approximate surface area is 176 Å². The first kappa shape index (κ1) is 30.0. The van der Waals surface area contributed by atoms with Crippen LogP contribution in [0.2, 0.25) is 0 Å². The van der Waals surface area contributed by atoms with E-state index in [9.17, 15) is 79.0 Å². The van der Waals surface area contributed by atoms with E-state index in [1.54, 1.807) is 0 Å². The summed E-state index contributed by atoms with van der Waals surface area (Å²) in [5.41, 5.74) is -7.42. The molecule has 0 atom stereocenters. The van der Waals surface area contributed by atoms with E-state index in [0.717, 1.165) is 0 Å². The number of benzene rings is 1. The molecule has 34 heavy (non-hydrogen) atoms. The smallest absolute Gasteiger partial charge is 0.194 e. The van der Waals surface area contributed by atoms with E-state index in [4.69, 9.17) is 0 Å². The van der Waals surface area contributed by atoms with Gasteiger partial charge in [0.1, 0.15) is 0 Å². The zero-order valence-electron chi connectivity index (χ0n) is 15.6. The fraction of sp³-hybridized carbons (Fsp3) is 0.562. The predicted molar refractivity (Wildman–Crippen MR) is 75.2 cm³/mol. The van der Waals surface area contributed by atoms with Crippen LogP contribution in [0, 0.1) is 6.42 Å². The van der Waals surface area contributed by atoms with Gasteiger partial charge in [-0.15, -0.1) is 0 Å². The van der Waals surface area contributed by atoms with Crippen LogP contribution in [0.4, 0.5) is 79.0 Å². The van der Waals surface area contributed by atoms with E-state index in [-0.39, 0.29) is 12.5 Å². The van der Waals surface area contributed by atoms with Gasteiger partial charge in [-0.2, -0.15) is 79.0 Å². The second-order valence-electron chi connectivity index (χ2n) is 6.53. The topological polar surface area (TPSA) is 0 Å². The molecule has 0 saturated heterocycles. The Balaban J connectivity index is 3.88. The lowest BCUT2D eigenvalue weighted by Crippen LogP contribution is -2.60. The predicted octanol–water partition coefficient (Wildman–Crippen LogP) is 8.11. The summed E-state index contributed by atoms with van der Waals surface area (Å²) in [6.07, 6.45) is -14.5. The van der Waals surface area contributed by atoms with Crippen molar-refractivity contribution in [2.24, 2.45) is 0 Å². The molecule has 0 aliphatic heterocycles. The number of rotatable bonds is 7. The third-order valence-electron chi connectivity index (χ3n) is 4.35. The molecule has 0 saturated carbocycles. The van der Waals surface area contributed by atoms with Crippen LogP contribution in [0.1, 0.15) is 23.6 Å². The Morgan fingerprint density at radius 2 is 0.853 bits per heavy atom. The van der Waals surface area contributed by atoms with Crippen molar-refractivity contribution in [1.82, 2.24) is 0 Å². The summed E-state index contributed by atoms with van der Waals surface area (Å²) in [5.74, 6) is -43.6. The second-order valence-corrected chi connectivity index (χ2v) is 6.53. The van der Waals surface area contributed by atoms with Gasteiger partial charge in [0, 0.05) is 11.1 Å². The third kappa shape index (κ3) is 4.03. The summed E-state index contributed by atoms with van der Waals surface area (Å²) in [6.45, 7) is 0.596. The van der Waals surface area contributed by atoms with Gasteiger partial charge in [0.05, 0.1) is 0 Å². The van der Waals surface area contributed by atoms with Crippen molar-refractivity contribution in [3.63, 3.8) is 0 Å². The molecule has 18 heteroatoms. The van der Waals surface area contributed by atoms with Crippen LogP contribution in [-0.2, 0) is 11.8 Å². The highest BCUT2D eigenvalue weighted by Gasteiger charge is 2.83. The molecule has 0 unspecified atom stereocenters. The van der Waals surface area contributed by atoms with E-state index in [1.807, 2.05) is 0 Å². The lowest BCUT2D eigenvalue weighted by Gasteiger charge is -2.36. The summed E-state index contributed by atoms with van der Waals surface area (Å²) in [6, 6.07) is -2.11. The molecule has 0 heterocycles. The lowest BCUT2D eigenvalue weighted by molar-refractivity contribution is -0.400. The number of halogens is 18. The largest absolute Gasteiger partial charge is 0.460 e. The van der Waals surface area contributed by atoms with E-state index in [2.05, 4.69) is 0 Å². The van der Waals surface area contributed by atoms with Crippen molar-refractivity contribution in [2.75, 3.05) is 0 Å². The van der Waals surface area contributed by atoms with Gasteiger partial charge >= 0.3 is 47.9 Å².